The van der Waals surface area contributed by atoms with Gasteiger partial charge in [0.05, 0.1) is 0 Å². The van der Waals surface area contributed by atoms with Crippen molar-refractivity contribution in [2.24, 2.45) is 11.7 Å². The molecule has 100 valence electrons. The lowest BCUT2D eigenvalue weighted by molar-refractivity contribution is 0.137. The van der Waals surface area contributed by atoms with Crippen molar-refractivity contribution in [2.75, 3.05) is 19.6 Å². The molecule has 3 nitrogen and oxygen atoms in total. The van der Waals surface area contributed by atoms with Crippen LogP contribution in [-0.4, -0.2) is 35.6 Å². The molecule has 1 saturated heterocycles. The summed E-state index contributed by atoms with van der Waals surface area (Å²) in [5, 5.41) is 0. The summed E-state index contributed by atoms with van der Waals surface area (Å²) in [6.07, 6.45) is 4.37. The van der Waals surface area contributed by atoms with Crippen molar-refractivity contribution in [3.05, 3.63) is 30.1 Å². The Morgan fingerprint density at radius 1 is 1.33 bits per heavy atom. The Kier molecular flexibility index (Phi) is 4.72. The molecule has 1 aliphatic heterocycles. The van der Waals surface area contributed by atoms with E-state index >= 15 is 0 Å². The predicted octanol–water partition coefficient (Wildman–Crippen LogP) is 2.24. The van der Waals surface area contributed by atoms with Gasteiger partial charge in [-0.15, -0.1) is 0 Å². The molecular weight excluding hydrogens is 222 g/mol. The quantitative estimate of drug-likeness (QED) is 0.887. The molecule has 18 heavy (non-hydrogen) atoms. The fraction of sp³-hybridized carbons (Fsp3) is 0.667. The predicted molar refractivity (Wildman–Crippen MR) is 75.5 cm³/mol. The Labute approximate surface area is 110 Å². The van der Waals surface area contributed by atoms with Gasteiger partial charge in [0.2, 0.25) is 0 Å². The van der Waals surface area contributed by atoms with Crippen LogP contribution in [-0.2, 0) is 0 Å². The molecule has 0 radical (unpaired) electrons. The molecule has 2 heterocycles. The van der Waals surface area contributed by atoms with E-state index in [0.29, 0.717) is 24.4 Å². The van der Waals surface area contributed by atoms with Gasteiger partial charge in [0.15, 0.2) is 0 Å². The first-order valence-corrected chi connectivity index (χ1v) is 7.07. The van der Waals surface area contributed by atoms with E-state index < -0.39 is 0 Å². The van der Waals surface area contributed by atoms with Gasteiger partial charge >= 0.3 is 0 Å². The van der Waals surface area contributed by atoms with Crippen LogP contribution in [0.25, 0.3) is 0 Å². The molecule has 1 aliphatic rings. The summed E-state index contributed by atoms with van der Waals surface area (Å²) in [5.74, 6) is 1.13. The highest BCUT2D eigenvalue weighted by atomic mass is 15.1. The van der Waals surface area contributed by atoms with Crippen LogP contribution in [0, 0.1) is 5.92 Å². The van der Waals surface area contributed by atoms with Crippen LogP contribution in [0.1, 0.15) is 38.3 Å². The van der Waals surface area contributed by atoms with E-state index in [1.807, 2.05) is 12.3 Å². The van der Waals surface area contributed by atoms with E-state index in [-0.39, 0.29) is 0 Å². The summed E-state index contributed by atoms with van der Waals surface area (Å²) in [6, 6.07) is 6.82. The second-order valence-electron chi connectivity index (χ2n) is 5.56. The Balaban J connectivity index is 1.99. The van der Waals surface area contributed by atoms with E-state index in [1.165, 1.54) is 31.6 Å². The minimum absolute atomic E-state index is 0.431. The molecule has 0 saturated carbocycles. The van der Waals surface area contributed by atoms with E-state index in [0.717, 1.165) is 0 Å². The third kappa shape index (κ3) is 3.09. The maximum absolute atomic E-state index is 5.98. The molecule has 0 aromatic carbocycles. The average molecular weight is 247 g/mol. The van der Waals surface area contributed by atoms with Crippen LogP contribution in [0.4, 0.5) is 0 Å². The zero-order valence-corrected chi connectivity index (χ0v) is 11.5. The summed E-state index contributed by atoms with van der Waals surface area (Å²) < 4.78 is 0. The molecule has 2 N–H and O–H groups in total. The van der Waals surface area contributed by atoms with Crippen molar-refractivity contribution >= 4 is 0 Å². The standard InChI is InChI=1S/C15H25N3/c1-12(2)18-9-6-13(7-10-18)14(11-16)15-5-3-4-8-17-15/h3-5,8,12-14H,6-7,9-11,16H2,1-2H3. The molecule has 1 aromatic rings. The van der Waals surface area contributed by atoms with Crippen molar-refractivity contribution in [3.63, 3.8) is 0 Å². The van der Waals surface area contributed by atoms with Gasteiger partial charge in [0.1, 0.15) is 0 Å². The van der Waals surface area contributed by atoms with Gasteiger partial charge in [-0.3, -0.25) is 4.98 Å². The maximum Gasteiger partial charge on any atom is 0.0449 e. The highest BCUT2D eigenvalue weighted by molar-refractivity contribution is 5.11. The fourth-order valence-corrected chi connectivity index (χ4v) is 2.99. The molecule has 1 aromatic heterocycles. The first-order valence-electron chi connectivity index (χ1n) is 7.07. The number of rotatable bonds is 4. The minimum Gasteiger partial charge on any atom is -0.330 e. The second kappa shape index (κ2) is 6.30. The number of pyridine rings is 1. The molecule has 1 fully saturated rings. The van der Waals surface area contributed by atoms with Crippen molar-refractivity contribution in [1.82, 2.24) is 9.88 Å². The Morgan fingerprint density at radius 3 is 2.56 bits per heavy atom. The number of piperidine rings is 1. The highest BCUT2D eigenvalue weighted by Gasteiger charge is 2.28. The molecule has 3 heteroatoms. The maximum atomic E-state index is 5.98. The summed E-state index contributed by atoms with van der Waals surface area (Å²) in [4.78, 5) is 7.04. The molecule has 1 atom stereocenters. The molecule has 0 amide bonds. The molecular formula is C15H25N3. The van der Waals surface area contributed by atoms with Crippen LogP contribution >= 0.6 is 0 Å². The summed E-state index contributed by atoms with van der Waals surface area (Å²) >= 11 is 0. The number of hydrogen-bond donors (Lipinski definition) is 1. The summed E-state index contributed by atoms with van der Waals surface area (Å²) in [7, 11) is 0. The molecule has 0 aliphatic carbocycles. The smallest absolute Gasteiger partial charge is 0.0449 e. The van der Waals surface area contributed by atoms with Crippen molar-refractivity contribution in [2.45, 2.75) is 38.6 Å². The molecule has 0 spiro atoms. The van der Waals surface area contributed by atoms with Gasteiger partial charge in [-0.2, -0.15) is 0 Å². The minimum atomic E-state index is 0.431. The number of nitrogens with two attached hydrogens (primary N) is 1. The zero-order chi connectivity index (χ0) is 13.0. The van der Waals surface area contributed by atoms with Gasteiger partial charge in [-0.1, -0.05) is 6.07 Å². The number of hydrogen-bond acceptors (Lipinski definition) is 3. The van der Waals surface area contributed by atoms with Crippen LogP contribution in [0.2, 0.25) is 0 Å². The van der Waals surface area contributed by atoms with Gasteiger partial charge in [0.25, 0.3) is 0 Å². The van der Waals surface area contributed by atoms with Crippen LogP contribution in [0.3, 0.4) is 0 Å². The summed E-state index contributed by atoms with van der Waals surface area (Å²) in [5.41, 5.74) is 7.15. The van der Waals surface area contributed by atoms with Gasteiger partial charge in [-0.05, 0) is 57.8 Å². The first kappa shape index (κ1) is 13.5. The lowest BCUT2D eigenvalue weighted by Crippen LogP contribution is -2.40. The van der Waals surface area contributed by atoms with Gasteiger partial charge in [-0.25, -0.2) is 0 Å². The van der Waals surface area contributed by atoms with E-state index in [4.69, 9.17) is 5.73 Å². The van der Waals surface area contributed by atoms with Gasteiger partial charge in [0, 0.05) is 30.4 Å². The largest absolute Gasteiger partial charge is 0.330 e. The molecule has 1 unspecified atom stereocenters. The lowest BCUT2D eigenvalue weighted by atomic mass is 9.82. The van der Waals surface area contributed by atoms with Gasteiger partial charge < -0.3 is 10.6 Å². The van der Waals surface area contributed by atoms with Crippen LogP contribution in [0.5, 0.6) is 0 Å². The second-order valence-corrected chi connectivity index (χ2v) is 5.56. The van der Waals surface area contributed by atoms with Crippen molar-refractivity contribution < 1.29 is 0 Å². The number of aromatic nitrogens is 1. The molecule has 2 rings (SSSR count). The van der Waals surface area contributed by atoms with E-state index in [1.54, 1.807) is 0 Å². The van der Waals surface area contributed by atoms with E-state index in [9.17, 15) is 0 Å². The third-order valence-corrected chi connectivity index (χ3v) is 4.20. The SMILES string of the molecule is CC(C)N1CCC(C(CN)c2ccccn2)CC1. The topological polar surface area (TPSA) is 42.1 Å². The monoisotopic (exact) mass is 247 g/mol. The Bertz CT molecular complexity index is 342. The Morgan fingerprint density at radius 2 is 2.06 bits per heavy atom. The first-order chi connectivity index (χ1) is 8.72. The Hall–Kier alpha value is -0.930. The van der Waals surface area contributed by atoms with Crippen LogP contribution in [0.15, 0.2) is 24.4 Å². The van der Waals surface area contributed by atoms with E-state index in [2.05, 4.69) is 35.9 Å². The normalized spacial score (nSPS) is 20.2. The third-order valence-electron chi connectivity index (χ3n) is 4.20. The average Bonchev–Trinajstić information content (AvgIpc) is 2.41. The zero-order valence-electron chi connectivity index (χ0n) is 11.5. The number of likely N-dealkylation sites (tertiary alicyclic amines) is 1. The summed E-state index contributed by atoms with van der Waals surface area (Å²) in [6.45, 7) is 7.67. The highest BCUT2D eigenvalue weighted by Crippen LogP contribution is 2.31. The van der Waals surface area contributed by atoms with Crippen molar-refractivity contribution in [1.29, 1.82) is 0 Å². The fourth-order valence-electron chi connectivity index (χ4n) is 2.99. The molecule has 0 bridgehead atoms. The number of nitrogens with zero attached hydrogens (tertiary/aromatic N) is 2. The van der Waals surface area contributed by atoms with Crippen LogP contribution < -0.4 is 5.73 Å². The van der Waals surface area contributed by atoms with Crippen molar-refractivity contribution in [3.8, 4) is 0 Å². The lowest BCUT2D eigenvalue weighted by Gasteiger charge is -2.37.